The molecular formula is C9H10F3NO2. The summed E-state index contributed by atoms with van der Waals surface area (Å²) in [5.74, 6) is 0.197. The van der Waals surface area contributed by atoms with Gasteiger partial charge in [-0.05, 0) is 12.1 Å². The van der Waals surface area contributed by atoms with E-state index in [1.807, 2.05) is 0 Å². The van der Waals surface area contributed by atoms with Gasteiger partial charge in [-0.15, -0.1) is 0 Å². The highest BCUT2D eigenvalue weighted by Crippen LogP contribution is 2.30. The lowest BCUT2D eigenvalue weighted by Gasteiger charge is -2.12. The third-order valence-corrected chi connectivity index (χ3v) is 1.58. The molecule has 15 heavy (non-hydrogen) atoms. The molecule has 1 aromatic carbocycles. The van der Waals surface area contributed by atoms with E-state index in [9.17, 15) is 13.2 Å². The van der Waals surface area contributed by atoms with Gasteiger partial charge in [0, 0.05) is 11.8 Å². The molecule has 0 aliphatic carbocycles. The van der Waals surface area contributed by atoms with Gasteiger partial charge in [0.2, 0.25) is 0 Å². The second-order valence-corrected chi connectivity index (χ2v) is 2.81. The zero-order valence-corrected chi connectivity index (χ0v) is 7.97. The molecule has 0 aliphatic heterocycles. The first kappa shape index (κ1) is 11.5. The van der Waals surface area contributed by atoms with E-state index in [4.69, 9.17) is 10.5 Å². The lowest BCUT2D eigenvalue weighted by molar-refractivity contribution is -0.153. The van der Waals surface area contributed by atoms with Gasteiger partial charge >= 0.3 is 6.18 Å². The highest BCUT2D eigenvalue weighted by atomic mass is 19.4. The van der Waals surface area contributed by atoms with E-state index >= 15 is 0 Å². The van der Waals surface area contributed by atoms with Gasteiger partial charge in [0.25, 0.3) is 0 Å². The Balaban J connectivity index is 2.76. The van der Waals surface area contributed by atoms with Crippen molar-refractivity contribution in [2.75, 3.05) is 19.5 Å². The Kier molecular flexibility index (Phi) is 3.28. The summed E-state index contributed by atoms with van der Waals surface area (Å²) in [4.78, 5) is 0. The van der Waals surface area contributed by atoms with Gasteiger partial charge in [-0.25, -0.2) is 0 Å². The summed E-state index contributed by atoms with van der Waals surface area (Å²) < 4.78 is 45.0. The molecule has 0 fully saturated rings. The van der Waals surface area contributed by atoms with Crippen LogP contribution in [0, 0.1) is 0 Å². The number of rotatable bonds is 3. The molecular weight excluding hydrogens is 211 g/mol. The number of hydrogen-bond donors (Lipinski definition) is 1. The second kappa shape index (κ2) is 4.29. The van der Waals surface area contributed by atoms with Gasteiger partial charge in [0.1, 0.15) is 0 Å². The van der Waals surface area contributed by atoms with E-state index in [1.54, 1.807) is 0 Å². The summed E-state index contributed by atoms with van der Waals surface area (Å²) >= 11 is 0. The monoisotopic (exact) mass is 221 g/mol. The summed E-state index contributed by atoms with van der Waals surface area (Å²) in [6.45, 7) is -1.35. The average molecular weight is 221 g/mol. The largest absolute Gasteiger partial charge is 0.493 e. The predicted molar refractivity (Wildman–Crippen MR) is 49.0 cm³/mol. The quantitative estimate of drug-likeness (QED) is 0.796. The molecule has 1 rings (SSSR count). The van der Waals surface area contributed by atoms with Crippen LogP contribution in [0.15, 0.2) is 18.2 Å². The number of alkyl halides is 3. The highest BCUT2D eigenvalue weighted by Gasteiger charge is 2.28. The number of nitrogen functional groups attached to an aromatic ring is 1. The van der Waals surface area contributed by atoms with Crippen LogP contribution in [0.1, 0.15) is 0 Å². The van der Waals surface area contributed by atoms with E-state index < -0.39 is 12.8 Å². The highest BCUT2D eigenvalue weighted by molar-refractivity contribution is 5.51. The van der Waals surface area contributed by atoms with Crippen LogP contribution in [0.2, 0.25) is 0 Å². The Labute approximate surface area is 84.6 Å². The van der Waals surface area contributed by atoms with Gasteiger partial charge in [-0.3, -0.25) is 0 Å². The number of nitrogens with two attached hydrogens (primary N) is 1. The summed E-state index contributed by atoms with van der Waals surface area (Å²) in [6, 6.07) is 4.17. The molecule has 0 spiro atoms. The average Bonchev–Trinajstić information content (AvgIpc) is 2.14. The lowest BCUT2D eigenvalue weighted by atomic mass is 10.3. The molecule has 0 bridgehead atoms. The summed E-state index contributed by atoms with van der Waals surface area (Å²) in [5.41, 5.74) is 5.82. The third-order valence-electron chi connectivity index (χ3n) is 1.58. The molecule has 0 unspecified atom stereocenters. The molecule has 0 heterocycles. The summed E-state index contributed by atoms with van der Waals surface area (Å²) in [6.07, 6.45) is -4.37. The standard InChI is InChI=1S/C9H10F3NO2/c1-14-8-4-6(13)2-3-7(8)15-5-9(10,11)12/h2-4H,5,13H2,1H3. The minimum absolute atomic E-state index is 0.0176. The van der Waals surface area contributed by atoms with Crippen LogP contribution >= 0.6 is 0 Å². The fourth-order valence-electron chi connectivity index (χ4n) is 0.963. The molecule has 0 aliphatic rings. The van der Waals surface area contributed by atoms with Gasteiger partial charge in [-0.2, -0.15) is 13.2 Å². The Morgan fingerprint density at radius 2 is 1.93 bits per heavy atom. The molecule has 6 heteroatoms. The minimum Gasteiger partial charge on any atom is -0.493 e. The van der Waals surface area contributed by atoms with E-state index in [1.165, 1.54) is 25.3 Å². The van der Waals surface area contributed by atoms with Gasteiger partial charge in [0.05, 0.1) is 7.11 Å². The van der Waals surface area contributed by atoms with Crippen molar-refractivity contribution in [3.8, 4) is 11.5 Å². The maximum Gasteiger partial charge on any atom is 0.422 e. The second-order valence-electron chi connectivity index (χ2n) is 2.81. The van der Waals surface area contributed by atoms with Crippen LogP contribution in [-0.2, 0) is 0 Å². The van der Waals surface area contributed by atoms with Crippen molar-refractivity contribution in [1.82, 2.24) is 0 Å². The zero-order valence-electron chi connectivity index (χ0n) is 7.97. The third kappa shape index (κ3) is 3.57. The Hall–Kier alpha value is -1.59. The van der Waals surface area contributed by atoms with Crippen LogP contribution in [0.3, 0.4) is 0 Å². The predicted octanol–water partition coefficient (Wildman–Crippen LogP) is 2.22. The maximum absolute atomic E-state index is 11.9. The van der Waals surface area contributed by atoms with Crippen molar-refractivity contribution in [2.24, 2.45) is 0 Å². The van der Waals surface area contributed by atoms with E-state index in [0.29, 0.717) is 5.69 Å². The summed E-state index contributed by atoms with van der Waals surface area (Å²) in [7, 11) is 1.33. The number of halogens is 3. The van der Waals surface area contributed by atoms with Crippen molar-refractivity contribution in [1.29, 1.82) is 0 Å². The maximum atomic E-state index is 11.9. The molecule has 0 radical (unpaired) electrons. The normalized spacial score (nSPS) is 11.2. The molecule has 0 aromatic heterocycles. The summed E-state index contributed by atoms with van der Waals surface area (Å²) in [5, 5.41) is 0. The molecule has 0 amide bonds. The van der Waals surface area contributed by atoms with Crippen molar-refractivity contribution in [3.63, 3.8) is 0 Å². The van der Waals surface area contributed by atoms with E-state index in [2.05, 4.69) is 4.74 Å². The number of ether oxygens (including phenoxy) is 2. The fourth-order valence-corrected chi connectivity index (χ4v) is 0.963. The topological polar surface area (TPSA) is 44.5 Å². The van der Waals surface area contributed by atoms with Gasteiger partial charge < -0.3 is 15.2 Å². The van der Waals surface area contributed by atoms with Crippen molar-refractivity contribution in [2.45, 2.75) is 6.18 Å². The van der Waals surface area contributed by atoms with E-state index in [-0.39, 0.29) is 11.5 Å². The van der Waals surface area contributed by atoms with Crippen LogP contribution in [0.4, 0.5) is 18.9 Å². The number of benzene rings is 1. The molecule has 0 saturated heterocycles. The van der Waals surface area contributed by atoms with Crippen LogP contribution in [0.5, 0.6) is 11.5 Å². The first-order chi connectivity index (χ1) is 6.92. The number of hydrogen-bond acceptors (Lipinski definition) is 3. The molecule has 0 saturated carbocycles. The fraction of sp³-hybridized carbons (Fsp3) is 0.333. The Bertz CT molecular complexity index is 339. The number of anilines is 1. The van der Waals surface area contributed by atoms with Crippen LogP contribution in [-0.4, -0.2) is 19.9 Å². The van der Waals surface area contributed by atoms with Crippen LogP contribution in [0.25, 0.3) is 0 Å². The molecule has 1 aromatic rings. The first-order valence-electron chi connectivity index (χ1n) is 4.05. The van der Waals surface area contributed by atoms with Crippen molar-refractivity contribution in [3.05, 3.63) is 18.2 Å². The zero-order chi connectivity index (χ0) is 11.5. The smallest absolute Gasteiger partial charge is 0.422 e. The molecule has 3 nitrogen and oxygen atoms in total. The minimum atomic E-state index is -4.37. The van der Waals surface area contributed by atoms with Crippen molar-refractivity contribution < 1.29 is 22.6 Å². The molecule has 2 N–H and O–H groups in total. The van der Waals surface area contributed by atoms with E-state index in [0.717, 1.165) is 0 Å². The Morgan fingerprint density at radius 3 is 2.47 bits per heavy atom. The van der Waals surface area contributed by atoms with Crippen LogP contribution < -0.4 is 15.2 Å². The molecule has 0 atom stereocenters. The number of methoxy groups -OCH3 is 1. The first-order valence-corrected chi connectivity index (χ1v) is 4.05. The lowest BCUT2D eigenvalue weighted by Crippen LogP contribution is -2.19. The Morgan fingerprint density at radius 1 is 1.27 bits per heavy atom. The van der Waals surface area contributed by atoms with Gasteiger partial charge in [0.15, 0.2) is 18.1 Å². The SMILES string of the molecule is COc1cc(N)ccc1OCC(F)(F)F. The van der Waals surface area contributed by atoms with Gasteiger partial charge in [-0.1, -0.05) is 0 Å². The molecule has 84 valence electrons. The van der Waals surface area contributed by atoms with Crippen molar-refractivity contribution >= 4 is 5.69 Å².